The van der Waals surface area contributed by atoms with Gasteiger partial charge < -0.3 is 4.74 Å². The van der Waals surface area contributed by atoms with Crippen LogP contribution in [0.1, 0.15) is 11.1 Å². The third-order valence-corrected chi connectivity index (χ3v) is 3.44. The van der Waals surface area contributed by atoms with Crippen molar-refractivity contribution in [3.63, 3.8) is 0 Å². The van der Waals surface area contributed by atoms with Gasteiger partial charge in [0.2, 0.25) is 0 Å². The number of hydrogen-bond acceptors (Lipinski definition) is 3. The van der Waals surface area contributed by atoms with Gasteiger partial charge in [0.05, 0.1) is 11.5 Å². The Kier molecular flexibility index (Phi) is 4.74. The second-order valence-corrected chi connectivity index (χ2v) is 5.35. The van der Waals surface area contributed by atoms with E-state index in [9.17, 15) is 10.1 Å². The van der Waals surface area contributed by atoms with Crippen LogP contribution in [0.2, 0.25) is 0 Å². The quantitative estimate of drug-likeness (QED) is 0.605. The van der Waals surface area contributed by atoms with E-state index in [0.29, 0.717) is 13.0 Å². The third kappa shape index (κ3) is 3.81. The first-order chi connectivity index (χ1) is 9.56. The summed E-state index contributed by atoms with van der Waals surface area (Å²) in [4.78, 5) is 10.2. The van der Waals surface area contributed by atoms with Gasteiger partial charge in [-0.15, -0.1) is 0 Å². The molecule has 0 unspecified atom stereocenters. The van der Waals surface area contributed by atoms with Crippen molar-refractivity contribution < 1.29 is 9.66 Å². The van der Waals surface area contributed by atoms with Crippen LogP contribution in [0.4, 0.5) is 5.69 Å². The molecule has 0 heterocycles. The van der Waals surface area contributed by atoms with Crippen LogP contribution in [-0.4, -0.2) is 11.5 Å². The Morgan fingerprint density at radius 1 is 1.20 bits per heavy atom. The number of halogens is 1. The minimum Gasteiger partial charge on any atom is -0.493 e. The van der Waals surface area contributed by atoms with Gasteiger partial charge in [0.1, 0.15) is 5.75 Å². The summed E-state index contributed by atoms with van der Waals surface area (Å²) in [6.07, 6.45) is 0.712. The molecule has 0 aliphatic rings. The van der Waals surface area contributed by atoms with Gasteiger partial charge in [0, 0.05) is 23.0 Å². The van der Waals surface area contributed by atoms with E-state index in [1.807, 2.05) is 25.1 Å². The van der Waals surface area contributed by atoms with Crippen LogP contribution in [0.15, 0.2) is 46.9 Å². The molecule has 20 heavy (non-hydrogen) atoms. The summed E-state index contributed by atoms with van der Waals surface area (Å²) in [5.74, 6) is 0.848. The zero-order valence-electron chi connectivity index (χ0n) is 11.0. The van der Waals surface area contributed by atoms with Crippen molar-refractivity contribution in [3.05, 3.63) is 68.2 Å². The average Bonchev–Trinajstić information content (AvgIpc) is 2.43. The number of non-ortho nitro benzene ring substituents is 1. The molecule has 0 bridgehead atoms. The lowest BCUT2D eigenvalue weighted by Crippen LogP contribution is -2.02. The normalized spacial score (nSPS) is 10.3. The van der Waals surface area contributed by atoms with Crippen LogP contribution in [0, 0.1) is 17.0 Å². The average molecular weight is 336 g/mol. The van der Waals surface area contributed by atoms with Crippen molar-refractivity contribution >= 4 is 21.6 Å². The van der Waals surface area contributed by atoms with Crippen molar-refractivity contribution in [2.45, 2.75) is 13.3 Å². The van der Waals surface area contributed by atoms with Gasteiger partial charge in [-0.05, 0) is 30.2 Å². The van der Waals surface area contributed by atoms with E-state index in [4.69, 9.17) is 4.74 Å². The molecular weight excluding hydrogens is 322 g/mol. The van der Waals surface area contributed by atoms with Gasteiger partial charge in [0.25, 0.3) is 5.69 Å². The summed E-state index contributed by atoms with van der Waals surface area (Å²) in [5.41, 5.74) is 2.21. The lowest BCUT2D eigenvalue weighted by atomic mass is 10.1. The maximum Gasteiger partial charge on any atom is 0.269 e. The molecular formula is C15H14BrNO3. The Hall–Kier alpha value is -1.88. The Bertz CT molecular complexity index is 611. The lowest BCUT2D eigenvalue weighted by molar-refractivity contribution is -0.384. The fourth-order valence-corrected chi connectivity index (χ4v) is 2.13. The van der Waals surface area contributed by atoms with Crippen LogP contribution in [0.5, 0.6) is 5.75 Å². The van der Waals surface area contributed by atoms with Crippen molar-refractivity contribution in [2.24, 2.45) is 0 Å². The first-order valence-corrected chi connectivity index (χ1v) is 6.98. The van der Waals surface area contributed by atoms with Gasteiger partial charge in [-0.3, -0.25) is 10.1 Å². The molecule has 5 heteroatoms. The zero-order chi connectivity index (χ0) is 14.5. The molecule has 0 saturated heterocycles. The van der Waals surface area contributed by atoms with Gasteiger partial charge in [0.15, 0.2) is 0 Å². The molecule has 0 saturated carbocycles. The third-order valence-electron chi connectivity index (χ3n) is 2.95. The molecule has 2 aromatic carbocycles. The summed E-state index contributed by atoms with van der Waals surface area (Å²) >= 11 is 3.41. The predicted octanol–water partition coefficient (Wildman–Crippen LogP) is 4.29. The van der Waals surface area contributed by atoms with E-state index >= 15 is 0 Å². The summed E-state index contributed by atoms with van der Waals surface area (Å²) in [5, 5.41) is 10.6. The van der Waals surface area contributed by atoms with Crippen LogP contribution < -0.4 is 4.74 Å². The van der Waals surface area contributed by atoms with Gasteiger partial charge in [-0.25, -0.2) is 0 Å². The summed E-state index contributed by atoms with van der Waals surface area (Å²) in [6.45, 7) is 2.53. The number of nitro benzene ring substituents is 1. The second-order valence-electron chi connectivity index (χ2n) is 4.43. The van der Waals surface area contributed by atoms with E-state index in [-0.39, 0.29) is 5.69 Å². The van der Waals surface area contributed by atoms with Crippen molar-refractivity contribution in [1.82, 2.24) is 0 Å². The molecule has 2 rings (SSSR count). The highest BCUT2D eigenvalue weighted by molar-refractivity contribution is 9.10. The molecule has 0 fully saturated rings. The molecule has 0 aliphatic heterocycles. The van der Waals surface area contributed by atoms with E-state index in [1.54, 1.807) is 12.1 Å². The molecule has 0 amide bonds. The molecule has 0 atom stereocenters. The molecule has 0 aliphatic carbocycles. The van der Waals surface area contributed by atoms with Crippen LogP contribution in [0.25, 0.3) is 0 Å². The van der Waals surface area contributed by atoms with Gasteiger partial charge >= 0.3 is 0 Å². The topological polar surface area (TPSA) is 52.4 Å². The highest BCUT2D eigenvalue weighted by atomic mass is 79.9. The molecule has 4 nitrogen and oxygen atoms in total. The number of aryl methyl sites for hydroxylation is 1. The molecule has 0 radical (unpaired) electrons. The lowest BCUT2D eigenvalue weighted by Gasteiger charge is -2.09. The number of benzene rings is 2. The first kappa shape index (κ1) is 14.5. The monoisotopic (exact) mass is 335 g/mol. The maximum absolute atomic E-state index is 10.6. The number of ether oxygens (including phenoxy) is 1. The maximum atomic E-state index is 10.6. The second kappa shape index (κ2) is 6.52. The molecule has 104 valence electrons. The number of hydrogen-bond donors (Lipinski definition) is 0. The van der Waals surface area contributed by atoms with Crippen LogP contribution in [0.3, 0.4) is 0 Å². The fraction of sp³-hybridized carbons (Fsp3) is 0.200. The van der Waals surface area contributed by atoms with E-state index < -0.39 is 4.92 Å². The van der Waals surface area contributed by atoms with E-state index in [2.05, 4.69) is 15.9 Å². The fourth-order valence-electron chi connectivity index (χ4n) is 1.79. The summed E-state index contributed by atoms with van der Waals surface area (Å²) in [7, 11) is 0. The van der Waals surface area contributed by atoms with Crippen LogP contribution >= 0.6 is 15.9 Å². The molecule has 2 aromatic rings. The number of nitro groups is 1. The number of nitrogens with zero attached hydrogens (tertiary/aromatic N) is 1. The Morgan fingerprint density at radius 3 is 2.55 bits per heavy atom. The first-order valence-electron chi connectivity index (χ1n) is 6.18. The Labute approximate surface area is 125 Å². The number of rotatable bonds is 5. The molecule has 0 N–H and O–H groups in total. The van der Waals surface area contributed by atoms with Gasteiger partial charge in [-0.2, -0.15) is 0 Å². The van der Waals surface area contributed by atoms with E-state index in [1.165, 1.54) is 12.1 Å². The minimum atomic E-state index is -0.398. The summed E-state index contributed by atoms with van der Waals surface area (Å²) < 4.78 is 6.72. The predicted molar refractivity (Wildman–Crippen MR) is 81.2 cm³/mol. The Morgan fingerprint density at radius 2 is 1.90 bits per heavy atom. The minimum absolute atomic E-state index is 0.109. The Balaban J connectivity index is 1.92. The van der Waals surface area contributed by atoms with Crippen molar-refractivity contribution in [3.8, 4) is 5.75 Å². The highest BCUT2D eigenvalue weighted by Crippen LogP contribution is 2.23. The highest BCUT2D eigenvalue weighted by Gasteiger charge is 2.04. The van der Waals surface area contributed by atoms with Crippen LogP contribution in [-0.2, 0) is 6.42 Å². The van der Waals surface area contributed by atoms with E-state index in [0.717, 1.165) is 21.3 Å². The molecule has 0 aromatic heterocycles. The SMILES string of the molecule is Cc1ccc(Br)cc1OCCc1ccc([N+](=O)[O-])cc1. The van der Waals surface area contributed by atoms with Crippen molar-refractivity contribution in [2.75, 3.05) is 6.61 Å². The molecule has 0 spiro atoms. The zero-order valence-corrected chi connectivity index (χ0v) is 12.6. The van der Waals surface area contributed by atoms with Gasteiger partial charge in [-0.1, -0.05) is 34.1 Å². The van der Waals surface area contributed by atoms with Crippen molar-refractivity contribution in [1.29, 1.82) is 0 Å². The smallest absolute Gasteiger partial charge is 0.269 e. The summed E-state index contributed by atoms with van der Waals surface area (Å²) in [6, 6.07) is 12.4. The standard InChI is InChI=1S/C15H14BrNO3/c1-11-2-5-13(16)10-15(11)20-9-8-12-3-6-14(7-4-12)17(18)19/h2-7,10H,8-9H2,1H3. The largest absolute Gasteiger partial charge is 0.493 e.